The number of hydrogen-bond donors (Lipinski definition) is 1. The van der Waals surface area contributed by atoms with Crippen LogP contribution in [0.1, 0.15) is 13.8 Å². The fourth-order valence-corrected chi connectivity index (χ4v) is 0.717. The third-order valence-electron chi connectivity index (χ3n) is 1.23. The average molecular weight is 150 g/mol. The van der Waals surface area contributed by atoms with Crippen molar-refractivity contribution in [3.63, 3.8) is 0 Å². The molecule has 0 amide bonds. The molecule has 0 aromatic rings. The number of hydrogen-bond acceptors (Lipinski definition) is 1. The third kappa shape index (κ3) is 3.46. The molecule has 1 nitrogen and oxygen atoms in total. The first-order valence-corrected chi connectivity index (χ1v) is 3.57. The third-order valence-corrected chi connectivity index (χ3v) is 1.23. The first-order chi connectivity index (χ1) is 5.26. The molecule has 0 bridgehead atoms. The van der Waals surface area contributed by atoms with E-state index >= 15 is 0 Å². The second kappa shape index (κ2) is 5.54. The summed E-state index contributed by atoms with van der Waals surface area (Å²) < 4.78 is 0. The van der Waals surface area contributed by atoms with Crippen LogP contribution in [0.3, 0.4) is 0 Å². The van der Waals surface area contributed by atoms with Crippen molar-refractivity contribution in [3.05, 3.63) is 48.3 Å². The molecule has 0 aliphatic carbocycles. The van der Waals surface area contributed by atoms with Gasteiger partial charge in [0.25, 0.3) is 0 Å². The van der Waals surface area contributed by atoms with Gasteiger partial charge in [-0.05, 0) is 19.9 Å². The fourth-order valence-electron chi connectivity index (χ4n) is 0.717. The Morgan fingerprint density at radius 2 is 2.00 bits per heavy atom. The van der Waals surface area contributed by atoms with E-state index < -0.39 is 0 Å². The zero-order valence-electron chi connectivity index (χ0n) is 7.04. The van der Waals surface area contributed by atoms with Crippen LogP contribution in [-0.2, 0) is 0 Å². The van der Waals surface area contributed by atoms with E-state index in [0.29, 0.717) is 0 Å². The molecule has 11 heavy (non-hydrogen) atoms. The van der Waals surface area contributed by atoms with Crippen molar-refractivity contribution in [2.75, 3.05) is 0 Å². The Morgan fingerprint density at radius 3 is 2.36 bits per heavy atom. The van der Waals surface area contributed by atoms with Crippen LogP contribution < -0.4 is 0 Å². The van der Waals surface area contributed by atoms with Gasteiger partial charge in [-0.25, -0.2) is 0 Å². The van der Waals surface area contributed by atoms with Gasteiger partial charge in [0, 0.05) is 5.57 Å². The SMILES string of the molecule is C=C\C=C(O)/C(=C\C)/C=C/C. The Bertz CT molecular complexity index is 207. The highest BCUT2D eigenvalue weighted by atomic mass is 16.3. The summed E-state index contributed by atoms with van der Waals surface area (Å²) in [6.45, 7) is 7.27. The highest BCUT2D eigenvalue weighted by molar-refractivity contribution is 5.35. The van der Waals surface area contributed by atoms with E-state index in [1.165, 1.54) is 0 Å². The van der Waals surface area contributed by atoms with Gasteiger partial charge in [0.05, 0.1) is 0 Å². The smallest absolute Gasteiger partial charge is 0.122 e. The molecule has 0 aromatic carbocycles. The maximum atomic E-state index is 9.31. The average Bonchev–Trinajstić information content (AvgIpc) is 2.00. The summed E-state index contributed by atoms with van der Waals surface area (Å²) in [5.74, 6) is 0.251. The Hall–Kier alpha value is -1.24. The molecule has 0 aliphatic heterocycles. The minimum absolute atomic E-state index is 0.251. The summed E-state index contributed by atoms with van der Waals surface area (Å²) in [6.07, 6.45) is 8.69. The van der Waals surface area contributed by atoms with Crippen LogP contribution in [0.15, 0.2) is 48.3 Å². The summed E-state index contributed by atoms with van der Waals surface area (Å²) in [5, 5.41) is 9.31. The van der Waals surface area contributed by atoms with E-state index in [-0.39, 0.29) is 5.76 Å². The minimum atomic E-state index is 0.251. The van der Waals surface area contributed by atoms with Gasteiger partial charge in [0.15, 0.2) is 0 Å². The first-order valence-electron chi connectivity index (χ1n) is 3.57. The molecule has 1 heteroatoms. The van der Waals surface area contributed by atoms with E-state index in [1.54, 1.807) is 12.2 Å². The number of aliphatic hydroxyl groups is 1. The van der Waals surface area contributed by atoms with Crippen molar-refractivity contribution in [2.45, 2.75) is 13.8 Å². The Balaban J connectivity index is 4.52. The Morgan fingerprint density at radius 1 is 1.36 bits per heavy atom. The lowest BCUT2D eigenvalue weighted by molar-refractivity contribution is 0.426. The van der Waals surface area contributed by atoms with Crippen LogP contribution in [0, 0.1) is 0 Å². The lowest BCUT2D eigenvalue weighted by atomic mass is 10.2. The number of aliphatic hydroxyl groups excluding tert-OH is 1. The predicted octanol–water partition coefficient (Wildman–Crippen LogP) is 3.14. The van der Waals surface area contributed by atoms with Crippen molar-refractivity contribution < 1.29 is 5.11 Å². The predicted molar refractivity (Wildman–Crippen MR) is 49.5 cm³/mol. The van der Waals surface area contributed by atoms with E-state index in [2.05, 4.69) is 6.58 Å². The summed E-state index contributed by atoms with van der Waals surface area (Å²) >= 11 is 0. The van der Waals surface area contributed by atoms with Crippen LogP contribution in [0.4, 0.5) is 0 Å². The zero-order chi connectivity index (χ0) is 8.69. The van der Waals surface area contributed by atoms with Crippen LogP contribution in [-0.4, -0.2) is 5.11 Å². The van der Waals surface area contributed by atoms with Gasteiger partial charge < -0.3 is 5.11 Å². The number of rotatable bonds is 3. The lowest BCUT2D eigenvalue weighted by Crippen LogP contribution is -1.82. The molecule has 0 heterocycles. The van der Waals surface area contributed by atoms with Crippen molar-refractivity contribution >= 4 is 0 Å². The van der Waals surface area contributed by atoms with Gasteiger partial charge in [-0.1, -0.05) is 30.9 Å². The molecule has 0 radical (unpaired) electrons. The van der Waals surface area contributed by atoms with Gasteiger partial charge in [-0.15, -0.1) is 0 Å². The van der Waals surface area contributed by atoms with Gasteiger partial charge >= 0.3 is 0 Å². The van der Waals surface area contributed by atoms with E-state index in [1.807, 2.05) is 32.1 Å². The molecule has 0 spiro atoms. The van der Waals surface area contributed by atoms with Crippen molar-refractivity contribution in [3.8, 4) is 0 Å². The van der Waals surface area contributed by atoms with Crippen LogP contribution in [0.2, 0.25) is 0 Å². The molecule has 60 valence electrons. The van der Waals surface area contributed by atoms with Crippen LogP contribution >= 0.6 is 0 Å². The molecule has 0 saturated heterocycles. The van der Waals surface area contributed by atoms with Crippen molar-refractivity contribution in [1.82, 2.24) is 0 Å². The molecule has 0 fully saturated rings. The minimum Gasteiger partial charge on any atom is -0.507 e. The molecular weight excluding hydrogens is 136 g/mol. The number of allylic oxidation sites excluding steroid dienone is 5. The molecular formula is C10H14O. The molecule has 0 aromatic heterocycles. The summed E-state index contributed by atoms with van der Waals surface area (Å²) in [4.78, 5) is 0. The normalized spacial score (nSPS) is 14.0. The van der Waals surface area contributed by atoms with E-state index in [0.717, 1.165) is 5.57 Å². The standard InChI is InChI=1S/C10H14O/c1-4-7-9(6-3)10(11)8-5-2/h4-8,11H,2H2,1,3H3/b7-4+,9-6-,10-8+. The van der Waals surface area contributed by atoms with Crippen molar-refractivity contribution in [1.29, 1.82) is 0 Å². The van der Waals surface area contributed by atoms with Gasteiger partial charge in [0.2, 0.25) is 0 Å². The van der Waals surface area contributed by atoms with Gasteiger partial charge in [-0.2, -0.15) is 0 Å². The Labute approximate surface area is 68.1 Å². The maximum absolute atomic E-state index is 9.31. The molecule has 0 unspecified atom stereocenters. The van der Waals surface area contributed by atoms with E-state index in [4.69, 9.17) is 0 Å². The largest absolute Gasteiger partial charge is 0.507 e. The molecule has 0 aliphatic rings. The molecule has 1 N–H and O–H groups in total. The highest BCUT2D eigenvalue weighted by Crippen LogP contribution is 2.07. The van der Waals surface area contributed by atoms with Crippen LogP contribution in [0.5, 0.6) is 0 Å². The fraction of sp³-hybridized carbons (Fsp3) is 0.200. The zero-order valence-corrected chi connectivity index (χ0v) is 7.04. The second-order valence-electron chi connectivity index (χ2n) is 2.03. The highest BCUT2D eigenvalue weighted by Gasteiger charge is 1.93. The summed E-state index contributed by atoms with van der Waals surface area (Å²) in [7, 11) is 0. The summed E-state index contributed by atoms with van der Waals surface area (Å²) in [5.41, 5.74) is 0.812. The van der Waals surface area contributed by atoms with E-state index in [9.17, 15) is 5.11 Å². The lowest BCUT2D eigenvalue weighted by Gasteiger charge is -1.97. The molecule has 0 atom stereocenters. The Kier molecular flexibility index (Phi) is 4.91. The quantitative estimate of drug-likeness (QED) is 0.484. The molecule has 0 rings (SSSR count). The summed E-state index contributed by atoms with van der Waals surface area (Å²) in [6, 6.07) is 0. The van der Waals surface area contributed by atoms with Crippen molar-refractivity contribution in [2.24, 2.45) is 0 Å². The molecule has 0 saturated carbocycles. The first kappa shape index (κ1) is 9.76. The van der Waals surface area contributed by atoms with Gasteiger partial charge in [-0.3, -0.25) is 0 Å². The topological polar surface area (TPSA) is 20.2 Å². The monoisotopic (exact) mass is 150 g/mol. The van der Waals surface area contributed by atoms with Crippen LogP contribution in [0.25, 0.3) is 0 Å². The maximum Gasteiger partial charge on any atom is 0.122 e. The van der Waals surface area contributed by atoms with Gasteiger partial charge in [0.1, 0.15) is 5.76 Å². The second-order valence-corrected chi connectivity index (χ2v) is 2.03.